The maximum Gasteiger partial charge on any atom is 0.232 e. The predicted octanol–water partition coefficient (Wildman–Crippen LogP) is -0.814. The van der Waals surface area contributed by atoms with Crippen LogP contribution in [0.25, 0.3) is 6.08 Å². The fourth-order valence-electron chi connectivity index (χ4n) is 3.92. The molecule has 4 rings (SSSR count). The third-order valence-electron chi connectivity index (χ3n) is 5.51. The van der Waals surface area contributed by atoms with Crippen LogP contribution in [-0.2, 0) is 6.54 Å². The van der Waals surface area contributed by atoms with E-state index in [0.29, 0.717) is 29.2 Å². The number of nitrogens with one attached hydrogen (secondary N) is 2. The third kappa shape index (κ3) is 3.69. The van der Waals surface area contributed by atoms with Crippen LogP contribution >= 0.6 is 0 Å². The summed E-state index contributed by atoms with van der Waals surface area (Å²) in [4.78, 5) is 15.5. The number of aliphatic hydroxyl groups is 1. The van der Waals surface area contributed by atoms with Crippen LogP contribution in [0.5, 0.6) is 11.5 Å². The molecule has 0 atom stereocenters. The molecule has 0 unspecified atom stereocenters. The Morgan fingerprint density at radius 2 is 1.86 bits per heavy atom. The molecular formula is C21H26N2O5+2. The summed E-state index contributed by atoms with van der Waals surface area (Å²) in [5.41, 5.74) is 1.15. The van der Waals surface area contributed by atoms with Gasteiger partial charge in [-0.05, 0) is 31.2 Å². The number of hydrogen-bond donors (Lipinski definition) is 4. The Morgan fingerprint density at radius 1 is 1.11 bits per heavy atom. The van der Waals surface area contributed by atoms with Crippen LogP contribution in [-0.4, -0.2) is 55.3 Å². The lowest BCUT2D eigenvalue weighted by atomic mass is 10.0. The summed E-state index contributed by atoms with van der Waals surface area (Å²) in [5, 5.41) is 19.5. The molecule has 0 saturated carbocycles. The van der Waals surface area contributed by atoms with Crippen LogP contribution in [0.15, 0.2) is 34.4 Å². The molecule has 1 aromatic heterocycles. The van der Waals surface area contributed by atoms with E-state index in [1.807, 2.05) is 13.0 Å². The van der Waals surface area contributed by atoms with Crippen LogP contribution in [0, 0.1) is 6.92 Å². The normalized spacial score (nSPS) is 23.1. The van der Waals surface area contributed by atoms with Crippen molar-refractivity contribution in [3.63, 3.8) is 0 Å². The molecule has 2 aliphatic heterocycles. The fraction of sp³-hybridized carbons (Fsp3) is 0.381. The van der Waals surface area contributed by atoms with E-state index < -0.39 is 0 Å². The number of allylic oxidation sites excluding steroid dienone is 1. The highest BCUT2D eigenvalue weighted by Crippen LogP contribution is 2.39. The predicted molar refractivity (Wildman–Crippen MR) is 102 cm³/mol. The van der Waals surface area contributed by atoms with Gasteiger partial charge in [0.25, 0.3) is 0 Å². The van der Waals surface area contributed by atoms with Crippen LogP contribution in [0.4, 0.5) is 0 Å². The number of hydrogen-bond acceptors (Lipinski definition) is 5. The summed E-state index contributed by atoms with van der Waals surface area (Å²) in [6.07, 6.45) is 1.60. The van der Waals surface area contributed by atoms with Gasteiger partial charge in [0, 0.05) is 6.08 Å². The highest BCUT2D eigenvalue weighted by molar-refractivity contribution is 6.14. The number of ketones is 1. The minimum absolute atomic E-state index is 0.152. The number of aryl methyl sites for hydroxylation is 1. The lowest BCUT2D eigenvalue weighted by molar-refractivity contribution is -1.02. The number of aromatic hydroxyl groups is 1. The molecular weight excluding hydrogens is 360 g/mol. The summed E-state index contributed by atoms with van der Waals surface area (Å²) in [6.45, 7) is 7.27. The number of carbonyl (C=O) groups is 1. The van der Waals surface area contributed by atoms with Gasteiger partial charge in [0.15, 0.2) is 11.5 Å². The van der Waals surface area contributed by atoms with E-state index in [-0.39, 0.29) is 23.9 Å². The number of ether oxygens (including phenoxy) is 1. The van der Waals surface area contributed by atoms with E-state index in [1.54, 1.807) is 24.3 Å². The van der Waals surface area contributed by atoms with Crippen molar-refractivity contribution < 1.29 is 34.0 Å². The maximum atomic E-state index is 12.7. The van der Waals surface area contributed by atoms with Gasteiger partial charge in [0.2, 0.25) is 5.78 Å². The number of furan rings is 1. The summed E-state index contributed by atoms with van der Waals surface area (Å²) >= 11 is 0. The van der Waals surface area contributed by atoms with Crippen molar-refractivity contribution in [3.8, 4) is 11.5 Å². The number of piperazine rings is 1. The van der Waals surface area contributed by atoms with Crippen molar-refractivity contribution in [2.75, 3.05) is 39.3 Å². The number of fused-ring (bicyclic) bond motifs is 1. The van der Waals surface area contributed by atoms with Gasteiger partial charge in [-0.3, -0.25) is 4.79 Å². The van der Waals surface area contributed by atoms with Crippen LogP contribution in [0.3, 0.4) is 0 Å². The van der Waals surface area contributed by atoms with Gasteiger partial charge in [0.05, 0.1) is 17.7 Å². The van der Waals surface area contributed by atoms with E-state index in [4.69, 9.17) is 14.3 Å². The molecule has 0 amide bonds. The topological polar surface area (TPSA) is 88.8 Å². The average Bonchev–Trinajstić information content (AvgIpc) is 3.23. The third-order valence-corrected chi connectivity index (χ3v) is 5.51. The first-order valence-corrected chi connectivity index (χ1v) is 9.68. The standard InChI is InChI=1S/C21H24N2O5/c1-14-2-3-15(27-14)12-19-20(26)16-4-5-18(25)17(21(16)28-19)13-23-8-6-22(7-9-23)10-11-24/h2-5,12,24-25H,6-11,13H2,1H3/p+2/b19-12+. The van der Waals surface area contributed by atoms with Crippen molar-refractivity contribution >= 4 is 11.9 Å². The van der Waals surface area contributed by atoms with E-state index in [2.05, 4.69) is 0 Å². The van der Waals surface area contributed by atoms with Crippen molar-refractivity contribution in [1.29, 1.82) is 0 Å². The molecule has 1 aromatic carbocycles. The molecule has 28 heavy (non-hydrogen) atoms. The van der Waals surface area contributed by atoms with Crippen LogP contribution in [0.1, 0.15) is 27.4 Å². The molecule has 4 N–H and O–H groups in total. The zero-order valence-electron chi connectivity index (χ0n) is 16.0. The Hall–Kier alpha value is -2.61. The molecule has 2 aromatic rings. The summed E-state index contributed by atoms with van der Waals surface area (Å²) in [5.74, 6) is 1.95. The number of carbonyl (C=O) groups excluding carboxylic acids is 1. The first-order valence-electron chi connectivity index (χ1n) is 9.68. The average molecular weight is 386 g/mol. The van der Waals surface area contributed by atoms with Crippen molar-refractivity contribution in [2.45, 2.75) is 13.5 Å². The monoisotopic (exact) mass is 386 g/mol. The first kappa shape index (κ1) is 18.7. The van der Waals surface area contributed by atoms with E-state index in [1.165, 1.54) is 9.80 Å². The van der Waals surface area contributed by atoms with Gasteiger partial charge in [-0.1, -0.05) is 0 Å². The molecule has 7 heteroatoms. The Bertz CT molecular complexity index is 910. The maximum absolute atomic E-state index is 12.7. The molecule has 0 bridgehead atoms. The quantitative estimate of drug-likeness (QED) is 0.505. The SMILES string of the molecule is Cc1ccc(/C=C2/Oc3c(ccc(O)c3C[NH+]3CC[NH+](CCO)CC3)C2=O)o1. The number of Topliss-reactive ketones (excluding diaryl/α,β-unsaturated/α-hetero) is 1. The Kier molecular flexibility index (Phi) is 5.21. The molecule has 1 fully saturated rings. The first-order chi connectivity index (χ1) is 13.5. The molecule has 0 aliphatic carbocycles. The van der Waals surface area contributed by atoms with Crippen LogP contribution < -0.4 is 14.5 Å². The van der Waals surface area contributed by atoms with E-state index >= 15 is 0 Å². The molecule has 0 spiro atoms. The number of rotatable bonds is 5. The lowest BCUT2D eigenvalue weighted by Gasteiger charge is -2.29. The summed E-state index contributed by atoms with van der Waals surface area (Å²) in [6, 6.07) is 6.81. The number of phenols is 1. The number of quaternary nitrogens is 2. The van der Waals surface area contributed by atoms with Gasteiger partial charge in [-0.25, -0.2) is 0 Å². The van der Waals surface area contributed by atoms with Crippen LogP contribution in [0.2, 0.25) is 0 Å². The molecule has 2 aliphatic rings. The van der Waals surface area contributed by atoms with Crippen molar-refractivity contribution in [3.05, 3.63) is 52.7 Å². The Labute approximate surface area is 163 Å². The fourth-order valence-corrected chi connectivity index (χ4v) is 3.92. The Morgan fingerprint density at radius 3 is 2.54 bits per heavy atom. The highest BCUT2D eigenvalue weighted by atomic mass is 16.5. The number of aliphatic hydroxyl groups excluding tert-OH is 1. The second kappa shape index (κ2) is 7.79. The van der Waals surface area contributed by atoms with Gasteiger partial charge in [0.1, 0.15) is 56.5 Å². The molecule has 1 saturated heterocycles. The van der Waals surface area contributed by atoms with E-state index in [0.717, 1.165) is 38.5 Å². The highest BCUT2D eigenvalue weighted by Gasteiger charge is 2.33. The smallest absolute Gasteiger partial charge is 0.232 e. The summed E-state index contributed by atoms with van der Waals surface area (Å²) in [7, 11) is 0. The van der Waals surface area contributed by atoms with E-state index in [9.17, 15) is 9.90 Å². The second-order valence-electron chi connectivity index (χ2n) is 7.48. The molecule has 7 nitrogen and oxygen atoms in total. The van der Waals surface area contributed by atoms with Crippen molar-refractivity contribution in [2.24, 2.45) is 0 Å². The van der Waals surface area contributed by atoms with Gasteiger partial charge < -0.3 is 29.2 Å². The molecule has 148 valence electrons. The number of benzene rings is 1. The lowest BCUT2D eigenvalue weighted by Crippen LogP contribution is -3.27. The molecule has 3 heterocycles. The molecule has 0 radical (unpaired) electrons. The zero-order valence-corrected chi connectivity index (χ0v) is 16.0. The van der Waals surface area contributed by atoms with Crippen molar-refractivity contribution in [1.82, 2.24) is 0 Å². The second-order valence-corrected chi connectivity index (χ2v) is 7.48. The van der Waals surface area contributed by atoms with Gasteiger partial charge >= 0.3 is 0 Å². The minimum atomic E-state index is -0.197. The largest absolute Gasteiger partial charge is 0.507 e. The zero-order chi connectivity index (χ0) is 19.7. The Balaban J connectivity index is 1.54. The number of phenolic OH excluding ortho intramolecular Hbond substituents is 1. The minimum Gasteiger partial charge on any atom is -0.507 e. The summed E-state index contributed by atoms with van der Waals surface area (Å²) < 4.78 is 11.4. The van der Waals surface area contributed by atoms with Gasteiger partial charge in [-0.15, -0.1) is 0 Å². The van der Waals surface area contributed by atoms with Gasteiger partial charge in [-0.2, -0.15) is 0 Å².